The number of rotatable bonds is 9. The average molecular weight is 631 g/mol. The first-order chi connectivity index (χ1) is 20.5. The zero-order chi connectivity index (χ0) is 32.5. The zero-order valence-electron chi connectivity index (χ0n) is 28.2. The number of benzene rings is 3. The van der Waals surface area contributed by atoms with Crippen LogP contribution in [0.15, 0.2) is 84.6 Å². The van der Waals surface area contributed by atoms with Crippen molar-refractivity contribution in [2.24, 2.45) is 0 Å². The molecule has 1 amide bonds. The van der Waals surface area contributed by atoms with Gasteiger partial charge in [0.15, 0.2) is 14.1 Å². The van der Waals surface area contributed by atoms with E-state index in [4.69, 9.17) is 19.3 Å². The van der Waals surface area contributed by atoms with Gasteiger partial charge < -0.3 is 24.2 Å². The highest BCUT2D eigenvalue weighted by atomic mass is 28.4. The Morgan fingerprint density at radius 1 is 0.886 bits per heavy atom. The molecule has 1 atom stereocenters. The second-order valence-corrected chi connectivity index (χ2v) is 23.5. The molecular weight excluding hydrogens is 581 g/mol. The molecule has 1 aliphatic rings. The van der Waals surface area contributed by atoms with E-state index in [1.54, 1.807) is 24.1 Å². The second-order valence-electron chi connectivity index (χ2n) is 14.5. The van der Waals surface area contributed by atoms with Crippen LogP contribution in [0.5, 0.6) is 11.5 Å². The normalized spacial score (nSPS) is 16.1. The van der Waals surface area contributed by atoms with E-state index < -0.39 is 16.6 Å². The van der Waals surface area contributed by atoms with E-state index in [1.807, 2.05) is 18.3 Å². The van der Waals surface area contributed by atoms with Gasteiger partial charge in [-0.25, -0.2) is 0 Å². The summed E-state index contributed by atoms with van der Waals surface area (Å²) < 4.78 is 19.7. The van der Waals surface area contributed by atoms with Crippen molar-refractivity contribution in [2.45, 2.75) is 84.1 Å². The molecule has 3 aromatic carbocycles. The van der Waals surface area contributed by atoms with E-state index in [1.165, 1.54) is 0 Å². The summed E-state index contributed by atoms with van der Waals surface area (Å²) in [6.45, 7) is 20.4. The van der Waals surface area contributed by atoms with Gasteiger partial charge in [0.1, 0.15) is 5.75 Å². The van der Waals surface area contributed by atoms with E-state index in [9.17, 15) is 4.79 Å². The van der Waals surface area contributed by atoms with Crippen LogP contribution in [0.3, 0.4) is 0 Å². The van der Waals surface area contributed by atoms with Crippen molar-refractivity contribution >= 4 is 38.6 Å². The summed E-state index contributed by atoms with van der Waals surface area (Å²) in [7, 11) is -3.33. The van der Waals surface area contributed by atoms with Crippen molar-refractivity contribution in [2.75, 3.05) is 19.5 Å². The summed E-state index contributed by atoms with van der Waals surface area (Å²) in [6, 6.07) is 24.3. The minimum absolute atomic E-state index is 0.0850. The number of nitrogens with zero attached hydrogens (tertiary/aromatic N) is 1. The van der Waals surface area contributed by atoms with Gasteiger partial charge in [0.05, 0.1) is 25.3 Å². The lowest BCUT2D eigenvalue weighted by molar-refractivity contribution is 0.0738. The molecule has 2 N–H and O–H groups in total. The summed E-state index contributed by atoms with van der Waals surface area (Å²) in [4.78, 5) is 15.9. The number of hydrogen-bond acceptors (Lipinski definition) is 5. The highest BCUT2D eigenvalue weighted by Gasteiger charge is 2.52. The third kappa shape index (κ3) is 6.53. The summed E-state index contributed by atoms with van der Waals surface area (Å²) in [5, 5.41) is 2.12. The molecule has 0 saturated heterocycles. The van der Waals surface area contributed by atoms with E-state index in [0.717, 1.165) is 22.4 Å². The van der Waals surface area contributed by atoms with Crippen molar-refractivity contribution in [1.29, 1.82) is 0 Å². The van der Waals surface area contributed by atoms with Crippen molar-refractivity contribution in [3.63, 3.8) is 0 Å². The first-order valence-corrected chi connectivity index (χ1v) is 20.2. The number of nitrogens with two attached hydrogens (primary N) is 1. The summed E-state index contributed by atoms with van der Waals surface area (Å²) >= 11 is 0. The molecule has 0 aliphatic carbocycles. The molecule has 6 nitrogen and oxygen atoms in total. The van der Waals surface area contributed by atoms with Gasteiger partial charge >= 0.3 is 8.32 Å². The Morgan fingerprint density at radius 3 is 1.91 bits per heavy atom. The Hall–Kier alpha value is -3.34. The van der Waals surface area contributed by atoms with Gasteiger partial charge in [0.25, 0.3) is 5.91 Å². The van der Waals surface area contributed by atoms with Crippen LogP contribution in [0.4, 0.5) is 5.69 Å². The largest absolute Gasteiger partial charge is 0.531 e. The van der Waals surface area contributed by atoms with Crippen LogP contribution in [-0.2, 0) is 4.43 Å². The van der Waals surface area contributed by atoms with Crippen LogP contribution in [0.1, 0.15) is 65.2 Å². The van der Waals surface area contributed by atoms with E-state index in [-0.39, 0.29) is 22.0 Å². The number of nitrogen functional groups attached to an aromatic ring is 1. The third-order valence-corrected chi connectivity index (χ3v) is 18.7. The van der Waals surface area contributed by atoms with Crippen LogP contribution < -0.4 is 25.3 Å². The second kappa shape index (κ2) is 12.6. The SMILES string of the molecule is COc1cc(C(=O)N2C=C(C)C[C@H]2CO[Si](C)(C)C(C)(C)C)c(N)cc1O[Si](c1ccccc1)(c1ccccc1)C(C)(C)C. The lowest BCUT2D eigenvalue weighted by Crippen LogP contribution is -2.68. The van der Waals surface area contributed by atoms with Crippen LogP contribution in [0, 0.1) is 0 Å². The average Bonchev–Trinajstić information content (AvgIpc) is 3.34. The van der Waals surface area contributed by atoms with Gasteiger partial charge in [-0.3, -0.25) is 4.79 Å². The molecule has 0 unspecified atom stereocenters. The number of ether oxygens (including phenoxy) is 1. The van der Waals surface area contributed by atoms with Gasteiger partial charge in [0, 0.05) is 18.0 Å². The third-order valence-electron chi connectivity index (χ3n) is 9.23. The highest BCUT2D eigenvalue weighted by molar-refractivity contribution is 7.00. The van der Waals surface area contributed by atoms with Gasteiger partial charge in [0.2, 0.25) is 0 Å². The smallest absolute Gasteiger partial charge is 0.320 e. The van der Waals surface area contributed by atoms with Gasteiger partial charge in [-0.15, -0.1) is 0 Å². The molecule has 44 heavy (non-hydrogen) atoms. The molecule has 0 bridgehead atoms. The number of hydrogen-bond donors (Lipinski definition) is 1. The Morgan fingerprint density at radius 2 is 1.43 bits per heavy atom. The Kier molecular flexibility index (Phi) is 9.59. The van der Waals surface area contributed by atoms with Gasteiger partial charge in [-0.05, 0) is 53.0 Å². The molecule has 0 saturated carbocycles. The van der Waals surface area contributed by atoms with Crippen LogP contribution in [0.2, 0.25) is 23.2 Å². The lowest BCUT2D eigenvalue weighted by atomic mass is 10.1. The molecule has 1 aliphatic heterocycles. The fourth-order valence-corrected chi connectivity index (χ4v) is 11.2. The first-order valence-electron chi connectivity index (χ1n) is 15.4. The van der Waals surface area contributed by atoms with Crippen molar-refractivity contribution in [3.8, 4) is 11.5 Å². The predicted octanol–water partition coefficient (Wildman–Crippen LogP) is 7.36. The van der Waals surface area contributed by atoms with Gasteiger partial charge in [-0.2, -0.15) is 0 Å². The molecule has 4 rings (SSSR count). The number of carbonyl (C=O) groups excluding carboxylic acids is 1. The minimum Gasteiger partial charge on any atom is -0.531 e. The lowest BCUT2D eigenvalue weighted by Gasteiger charge is -2.43. The number of methoxy groups -OCH3 is 1. The van der Waals surface area contributed by atoms with Crippen LogP contribution in [0.25, 0.3) is 0 Å². The zero-order valence-corrected chi connectivity index (χ0v) is 30.2. The molecule has 1 heterocycles. The number of anilines is 1. The fraction of sp³-hybridized carbons (Fsp3) is 0.417. The van der Waals surface area contributed by atoms with E-state index >= 15 is 0 Å². The summed E-state index contributed by atoms with van der Waals surface area (Å²) in [5.74, 6) is 0.838. The maximum absolute atomic E-state index is 14.1. The van der Waals surface area contributed by atoms with Crippen molar-refractivity contribution in [1.82, 2.24) is 4.90 Å². The predicted molar refractivity (Wildman–Crippen MR) is 187 cm³/mol. The molecule has 8 heteroatoms. The summed E-state index contributed by atoms with van der Waals surface area (Å²) in [5.41, 5.74) is 8.57. The van der Waals surface area contributed by atoms with Crippen molar-refractivity contribution < 1.29 is 18.4 Å². The standard InChI is InChI=1S/C36H50N2O4Si2/c1-26-21-27(25-41-43(9,10)35(2,3)4)38(24-26)34(39)30-22-32(40-8)33(23-31(30)37)42-44(36(5,6)7,28-17-13-11-14-18-28)29-19-15-12-16-20-29/h11-20,22-24,27H,21,25,37H2,1-10H3/t27-/m0/s1. The molecule has 0 radical (unpaired) electrons. The van der Waals surface area contributed by atoms with Crippen LogP contribution >= 0.6 is 0 Å². The number of amides is 1. The monoisotopic (exact) mass is 630 g/mol. The van der Waals surface area contributed by atoms with Gasteiger partial charge in [-0.1, -0.05) is 108 Å². The molecule has 3 aromatic rings. The Balaban J connectivity index is 1.74. The molecule has 0 fully saturated rings. The van der Waals surface area contributed by atoms with E-state index in [0.29, 0.717) is 29.4 Å². The van der Waals surface area contributed by atoms with Crippen LogP contribution in [-0.4, -0.2) is 47.2 Å². The molecule has 236 valence electrons. The minimum atomic E-state index is -2.95. The van der Waals surface area contributed by atoms with E-state index in [2.05, 4.69) is 110 Å². The fourth-order valence-electron chi connectivity index (χ4n) is 5.70. The molecule has 0 spiro atoms. The Bertz CT molecular complexity index is 1450. The maximum Gasteiger partial charge on any atom is 0.320 e. The quantitative estimate of drug-likeness (QED) is 0.198. The first kappa shape index (κ1) is 33.6. The summed E-state index contributed by atoms with van der Waals surface area (Å²) in [6.07, 6.45) is 2.70. The highest BCUT2D eigenvalue weighted by Crippen LogP contribution is 2.42. The van der Waals surface area contributed by atoms with Crippen molar-refractivity contribution in [3.05, 3.63) is 90.1 Å². The Labute approximate surface area is 266 Å². The molecular formula is C36H50N2O4Si2. The topological polar surface area (TPSA) is 74.0 Å². The maximum atomic E-state index is 14.1. The number of carbonyl (C=O) groups is 1. The molecule has 0 aromatic heterocycles.